The second kappa shape index (κ2) is 7.55. The smallest absolute Gasteiger partial charge is 0.253 e. The van der Waals surface area contributed by atoms with Gasteiger partial charge in [0, 0.05) is 38.3 Å². The zero-order chi connectivity index (χ0) is 16.9. The van der Waals surface area contributed by atoms with Crippen LogP contribution in [0, 0.1) is 0 Å². The predicted octanol–water partition coefficient (Wildman–Crippen LogP) is 0.465. The van der Waals surface area contributed by atoms with Gasteiger partial charge in [-0.15, -0.1) is 0 Å². The number of rotatable bonds is 5. The molecule has 1 fully saturated rings. The molecule has 24 heavy (non-hydrogen) atoms. The Hall–Kier alpha value is -2.25. The van der Waals surface area contributed by atoms with Crippen LogP contribution in [0.15, 0.2) is 36.9 Å². The third kappa shape index (κ3) is 4.18. The molecule has 2 aromatic rings. The number of benzene rings is 1. The number of piperazine rings is 1. The van der Waals surface area contributed by atoms with E-state index < -0.39 is 0 Å². The monoisotopic (exact) mass is 329 g/mol. The number of carbonyl (C=O) groups is 1. The van der Waals surface area contributed by atoms with Crippen LogP contribution in [-0.4, -0.2) is 74.4 Å². The fourth-order valence-corrected chi connectivity index (χ4v) is 2.94. The largest absolute Gasteiger partial charge is 0.392 e. The molecule has 1 saturated heterocycles. The Kier molecular flexibility index (Phi) is 5.22. The van der Waals surface area contributed by atoms with Gasteiger partial charge < -0.3 is 10.0 Å². The van der Waals surface area contributed by atoms with Crippen molar-refractivity contribution in [2.24, 2.45) is 0 Å². The first kappa shape index (κ1) is 16.6. The Morgan fingerprint density at radius 2 is 1.92 bits per heavy atom. The maximum atomic E-state index is 12.6. The van der Waals surface area contributed by atoms with Gasteiger partial charge in [0.2, 0.25) is 0 Å². The summed E-state index contributed by atoms with van der Waals surface area (Å²) in [6, 6.07) is 7.66. The van der Waals surface area contributed by atoms with E-state index in [-0.39, 0.29) is 12.0 Å². The van der Waals surface area contributed by atoms with Crippen LogP contribution in [0.3, 0.4) is 0 Å². The summed E-state index contributed by atoms with van der Waals surface area (Å²) in [4.78, 5) is 20.6. The summed E-state index contributed by atoms with van der Waals surface area (Å²) in [7, 11) is 0. The zero-order valence-corrected chi connectivity index (χ0v) is 13.9. The number of aliphatic hydroxyl groups is 1. The quantitative estimate of drug-likeness (QED) is 0.863. The molecule has 1 aliphatic rings. The van der Waals surface area contributed by atoms with Crippen molar-refractivity contribution in [3.8, 4) is 0 Å². The number of aliphatic hydroxyl groups excluding tert-OH is 1. The molecule has 3 rings (SSSR count). The summed E-state index contributed by atoms with van der Waals surface area (Å²) < 4.78 is 1.75. The topological polar surface area (TPSA) is 74.5 Å². The first-order valence-corrected chi connectivity index (χ1v) is 8.23. The van der Waals surface area contributed by atoms with Gasteiger partial charge in [-0.1, -0.05) is 12.1 Å². The van der Waals surface area contributed by atoms with E-state index in [2.05, 4.69) is 15.0 Å². The summed E-state index contributed by atoms with van der Waals surface area (Å²) in [5.41, 5.74) is 1.79. The lowest BCUT2D eigenvalue weighted by Crippen LogP contribution is -2.50. The van der Waals surface area contributed by atoms with Crippen molar-refractivity contribution in [3.63, 3.8) is 0 Å². The van der Waals surface area contributed by atoms with Crippen molar-refractivity contribution in [3.05, 3.63) is 48.0 Å². The maximum absolute atomic E-state index is 12.6. The van der Waals surface area contributed by atoms with Crippen LogP contribution in [0.4, 0.5) is 0 Å². The van der Waals surface area contributed by atoms with Crippen molar-refractivity contribution < 1.29 is 9.90 Å². The average molecular weight is 329 g/mol. The first-order chi connectivity index (χ1) is 11.6. The van der Waals surface area contributed by atoms with Crippen molar-refractivity contribution in [2.45, 2.75) is 19.6 Å². The molecular weight excluding hydrogens is 306 g/mol. The summed E-state index contributed by atoms with van der Waals surface area (Å²) >= 11 is 0. The summed E-state index contributed by atoms with van der Waals surface area (Å²) in [6.07, 6.45) is 2.85. The van der Waals surface area contributed by atoms with Crippen LogP contribution < -0.4 is 0 Å². The summed E-state index contributed by atoms with van der Waals surface area (Å²) in [5, 5.41) is 13.5. The molecule has 1 aliphatic heterocycles. The van der Waals surface area contributed by atoms with Crippen LogP contribution in [0.2, 0.25) is 0 Å². The van der Waals surface area contributed by atoms with Gasteiger partial charge in [-0.25, -0.2) is 9.67 Å². The summed E-state index contributed by atoms with van der Waals surface area (Å²) in [6.45, 7) is 6.12. The van der Waals surface area contributed by atoms with E-state index in [0.717, 1.165) is 18.7 Å². The lowest BCUT2D eigenvalue weighted by molar-refractivity contribution is 0.0554. The minimum absolute atomic E-state index is 0.0685. The van der Waals surface area contributed by atoms with Gasteiger partial charge in [0.25, 0.3) is 5.91 Å². The molecule has 0 saturated carbocycles. The lowest BCUT2D eigenvalue weighted by Gasteiger charge is -2.35. The van der Waals surface area contributed by atoms with Gasteiger partial charge in [0.15, 0.2) is 0 Å². The highest BCUT2D eigenvalue weighted by molar-refractivity contribution is 5.94. The first-order valence-electron chi connectivity index (χ1n) is 8.23. The van der Waals surface area contributed by atoms with Gasteiger partial charge in [0.1, 0.15) is 12.7 Å². The van der Waals surface area contributed by atoms with Crippen molar-refractivity contribution in [1.29, 1.82) is 0 Å². The molecular formula is C17H23N5O2. The molecule has 0 radical (unpaired) electrons. The third-order valence-electron chi connectivity index (χ3n) is 4.19. The normalized spacial score (nSPS) is 17.0. The Morgan fingerprint density at radius 1 is 1.21 bits per heavy atom. The minimum atomic E-state index is -0.329. The Balaban J connectivity index is 1.55. The molecule has 0 aliphatic carbocycles. The highest BCUT2D eigenvalue weighted by atomic mass is 16.3. The number of hydrogen-bond acceptors (Lipinski definition) is 5. The second-order valence-corrected chi connectivity index (χ2v) is 6.23. The lowest BCUT2D eigenvalue weighted by atomic mass is 10.1. The molecule has 0 unspecified atom stereocenters. The molecule has 7 nitrogen and oxygen atoms in total. The maximum Gasteiger partial charge on any atom is 0.253 e. The predicted molar refractivity (Wildman–Crippen MR) is 89.6 cm³/mol. The van der Waals surface area contributed by atoms with Gasteiger partial charge in [0.05, 0.1) is 12.6 Å². The van der Waals surface area contributed by atoms with Crippen LogP contribution in [-0.2, 0) is 6.54 Å². The number of carbonyl (C=O) groups excluding carboxylic acids is 1. The highest BCUT2D eigenvalue weighted by Gasteiger charge is 2.22. The molecule has 2 heterocycles. The Labute approximate surface area is 141 Å². The number of amides is 1. The average Bonchev–Trinajstić information content (AvgIpc) is 3.08. The fraction of sp³-hybridized carbons (Fsp3) is 0.471. The van der Waals surface area contributed by atoms with Gasteiger partial charge in [-0.05, 0) is 24.6 Å². The van der Waals surface area contributed by atoms with E-state index >= 15 is 0 Å². The van der Waals surface area contributed by atoms with E-state index in [0.29, 0.717) is 31.7 Å². The van der Waals surface area contributed by atoms with Crippen LogP contribution in [0.5, 0.6) is 0 Å². The van der Waals surface area contributed by atoms with E-state index in [4.69, 9.17) is 0 Å². The van der Waals surface area contributed by atoms with Crippen molar-refractivity contribution >= 4 is 5.91 Å². The molecule has 0 spiro atoms. The molecule has 1 aromatic carbocycles. The van der Waals surface area contributed by atoms with Crippen LogP contribution >= 0.6 is 0 Å². The number of aromatic nitrogens is 3. The van der Waals surface area contributed by atoms with Gasteiger partial charge >= 0.3 is 0 Å². The third-order valence-corrected chi connectivity index (χ3v) is 4.19. The molecule has 1 amide bonds. The van der Waals surface area contributed by atoms with Crippen LogP contribution in [0.1, 0.15) is 22.8 Å². The van der Waals surface area contributed by atoms with Gasteiger partial charge in [-0.2, -0.15) is 5.10 Å². The van der Waals surface area contributed by atoms with E-state index in [9.17, 15) is 9.90 Å². The van der Waals surface area contributed by atoms with E-state index in [1.807, 2.05) is 29.2 Å². The molecule has 7 heteroatoms. The standard InChI is InChI=1S/C17H23N5O2/c1-14(23)10-20-6-8-21(9-7-20)17(24)16-4-2-15(3-5-16)11-22-13-18-12-19-22/h2-5,12-14,23H,6-11H2,1H3/t14-/m0/s1. The molecule has 0 bridgehead atoms. The SMILES string of the molecule is C[C@H](O)CN1CCN(C(=O)c2ccc(Cn3cncn3)cc2)CC1. The Bertz CT molecular complexity index is 646. The molecule has 128 valence electrons. The number of nitrogens with zero attached hydrogens (tertiary/aromatic N) is 5. The van der Waals surface area contributed by atoms with E-state index in [1.54, 1.807) is 17.9 Å². The molecule has 1 aromatic heterocycles. The highest BCUT2D eigenvalue weighted by Crippen LogP contribution is 2.11. The fourth-order valence-electron chi connectivity index (χ4n) is 2.94. The summed E-state index contributed by atoms with van der Waals surface area (Å²) in [5.74, 6) is 0.0685. The number of β-amino-alcohol motifs (C(OH)–C–C–N with tert-alkyl or cyclic N) is 1. The minimum Gasteiger partial charge on any atom is -0.392 e. The zero-order valence-electron chi connectivity index (χ0n) is 13.9. The Morgan fingerprint density at radius 3 is 2.50 bits per heavy atom. The molecule has 1 atom stereocenters. The van der Waals surface area contributed by atoms with Crippen molar-refractivity contribution in [1.82, 2.24) is 24.6 Å². The number of hydrogen-bond donors (Lipinski definition) is 1. The molecule has 1 N–H and O–H groups in total. The van der Waals surface area contributed by atoms with Crippen LogP contribution in [0.25, 0.3) is 0 Å². The van der Waals surface area contributed by atoms with Crippen molar-refractivity contribution in [2.75, 3.05) is 32.7 Å². The van der Waals surface area contributed by atoms with E-state index in [1.165, 1.54) is 6.33 Å². The van der Waals surface area contributed by atoms with Gasteiger partial charge in [-0.3, -0.25) is 9.69 Å². The second-order valence-electron chi connectivity index (χ2n) is 6.23.